The van der Waals surface area contributed by atoms with Crippen molar-refractivity contribution in [3.8, 4) is 11.1 Å². The van der Waals surface area contributed by atoms with E-state index < -0.39 is 0 Å². The molecule has 104 valence electrons. The highest BCUT2D eigenvalue weighted by Gasteiger charge is 2.32. The van der Waals surface area contributed by atoms with Gasteiger partial charge in [0.15, 0.2) is 0 Å². The van der Waals surface area contributed by atoms with Gasteiger partial charge in [-0.2, -0.15) is 0 Å². The van der Waals surface area contributed by atoms with Crippen LogP contribution in [0.4, 0.5) is 0 Å². The summed E-state index contributed by atoms with van der Waals surface area (Å²) in [6, 6.07) is 19.5. The lowest BCUT2D eigenvalue weighted by atomic mass is 9.73. The van der Waals surface area contributed by atoms with Crippen LogP contribution < -0.4 is 11.1 Å². The van der Waals surface area contributed by atoms with Crippen LogP contribution in [0.2, 0.25) is 0 Å². The van der Waals surface area contributed by atoms with Crippen LogP contribution in [0, 0.1) is 0 Å². The van der Waals surface area contributed by atoms with E-state index in [2.05, 4.69) is 59.9 Å². The van der Waals surface area contributed by atoms with Crippen molar-refractivity contribution < 1.29 is 0 Å². The van der Waals surface area contributed by atoms with E-state index in [4.69, 9.17) is 5.73 Å². The van der Waals surface area contributed by atoms with Crippen molar-refractivity contribution in [3.05, 3.63) is 60.2 Å². The van der Waals surface area contributed by atoms with Crippen LogP contribution >= 0.6 is 0 Å². The summed E-state index contributed by atoms with van der Waals surface area (Å²) in [4.78, 5) is 0. The molecule has 0 aliphatic carbocycles. The highest BCUT2D eigenvalue weighted by molar-refractivity contribution is 5.64. The summed E-state index contributed by atoms with van der Waals surface area (Å²) in [5.74, 6) is 0. The van der Waals surface area contributed by atoms with Gasteiger partial charge in [0.2, 0.25) is 0 Å². The number of piperidine rings is 1. The van der Waals surface area contributed by atoms with Crippen molar-refractivity contribution >= 4 is 0 Å². The highest BCUT2D eigenvalue weighted by atomic mass is 14.9. The first-order valence-electron chi connectivity index (χ1n) is 7.41. The lowest BCUT2D eigenvalue weighted by Crippen LogP contribution is -2.44. The number of nitrogens with one attached hydrogen (secondary N) is 1. The van der Waals surface area contributed by atoms with E-state index in [1.807, 2.05) is 0 Å². The standard InChI is InChI=1S/C18H22N2/c19-14-18(9-11-20-12-10-18)17-8-4-7-16(13-17)15-5-2-1-3-6-15/h1-8,13,20H,9-12,14,19H2. The van der Waals surface area contributed by atoms with Crippen LogP contribution in [0.25, 0.3) is 11.1 Å². The molecule has 1 saturated heterocycles. The molecule has 0 bridgehead atoms. The Labute approximate surface area is 121 Å². The van der Waals surface area contributed by atoms with E-state index in [0.29, 0.717) is 0 Å². The topological polar surface area (TPSA) is 38.0 Å². The van der Waals surface area contributed by atoms with Gasteiger partial charge in [0.1, 0.15) is 0 Å². The van der Waals surface area contributed by atoms with Crippen molar-refractivity contribution in [2.45, 2.75) is 18.3 Å². The Kier molecular flexibility index (Phi) is 3.86. The molecule has 0 unspecified atom stereocenters. The van der Waals surface area contributed by atoms with E-state index in [1.54, 1.807) is 0 Å². The highest BCUT2D eigenvalue weighted by Crippen LogP contribution is 2.34. The van der Waals surface area contributed by atoms with Crippen LogP contribution in [-0.4, -0.2) is 19.6 Å². The minimum absolute atomic E-state index is 0.149. The second kappa shape index (κ2) is 5.78. The predicted molar refractivity (Wildman–Crippen MR) is 84.7 cm³/mol. The number of hydrogen-bond donors (Lipinski definition) is 2. The summed E-state index contributed by atoms with van der Waals surface area (Å²) in [5.41, 5.74) is 10.2. The maximum absolute atomic E-state index is 6.13. The molecule has 3 N–H and O–H groups in total. The van der Waals surface area contributed by atoms with Crippen molar-refractivity contribution in [1.82, 2.24) is 5.32 Å². The Hall–Kier alpha value is -1.64. The third kappa shape index (κ3) is 2.49. The molecule has 1 aliphatic rings. The molecule has 1 aliphatic heterocycles. The summed E-state index contributed by atoms with van der Waals surface area (Å²) in [5, 5.41) is 3.43. The molecule has 2 heteroatoms. The smallest absolute Gasteiger partial charge is 0.00998 e. The Morgan fingerprint density at radius 2 is 1.60 bits per heavy atom. The van der Waals surface area contributed by atoms with Crippen LogP contribution in [0.15, 0.2) is 54.6 Å². The van der Waals surface area contributed by atoms with Crippen LogP contribution in [-0.2, 0) is 5.41 Å². The van der Waals surface area contributed by atoms with Gasteiger partial charge in [-0.1, -0.05) is 54.6 Å². The van der Waals surface area contributed by atoms with E-state index in [1.165, 1.54) is 16.7 Å². The molecular weight excluding hydrogens is 244 g/mol. The Balaban J connectivity index is 1.98. The first-order valence-corrected chi connectivity index (χ1v) is 7.41. The lowest BCUT2D eigenvalue weighted by molar-refractivity contribution is 0.315. The number of rotatable bonds is 3. The van der Waals surface area contributed by atoms with Crippen LogP contribution in [0.3, 0.4) is 0 Å². The minimum atomic E-state index is 0.149. The Morgan fingerprint density at radius 1 is 0.900 bits per heavy atom. The third-order valence-electron chi connectivity index (χ3n) is 4.53. The van der Waals surface area contributed by atoms with Gasteiger partial charge in [-0.3, -0.25) is 0 Å². The average Bonchev–Trinajstić information content (AvgIpc) is 2.56. The van der Waals surface area contributed by atoms with Crippen molar-refractivity contribution in [2.75, 3.05) is 19.6 Å². The number of nitrogens with two attached hydrogens (primary N) is 1. The van der Waals surface area contributed by atoms with Gasteiger partial charge in [0, 0.05) is 12.0 Å². The molecule has 0 radical (unpaired) electrons. The normalized spacial score (nSPS) is 17.9. The summed E-state index contributed by atoms with van der Waals surface area (Å²) in [6.45, 7) is 2.85. The zero-order valence-corrected chi connectivity index (χ0v) is 11.8. The Morgan fingerprint density at radius 3 is 2.30 bits per heavy atom. The molecule has 2 aromatic rings. The molecule has 3 rings (SSSR count). The van der Waals surface area contributed by atoms with Crippen LogP contribution in [0.1, 0.15) is 18.4 Å². The first kappa shape index (κ1) is 13.3. The zero-order chi connectivity index (χ0) is 13.8. The molecule has 2 aromatic carbocycles. The van der Waals surface area contributed by atoms with Gasteiger partial charge in [0.05, 0.1) is 0 Å². The number of hydrogen-bond acceptors (Lipinski definition) is 2. The van der Waals surface area contributed by atoms with E-state index in [-0.39, 0.29) is 5.41 Å². The van der Waals surface area contributed by atoms with Gasteiger partial charge in [-0.25, -0.2) is 0 Å². The molecule has 2 nitrogen and oxygen atoms in total. The van der Waals surface area contributed by atoms with E-state index in [9.17, 15) is 0 Å². The van der Waals surface area contributed by atoms with E-state index in [0.717, 1.165) is 32.5 Å². The third-order valence-corrected chi connectivity index (χ3v) is 4.53. The maximum atomic E-state index is 6.13. The second-order valence-corrected chi connectivity index (χ2v) is 5.68. The second-order valence-electron chi connectivity index (χ2n) is 5.68. The molecule has 1 heterocycles. The SMILES string of the molecule is NCC1(c2cccc(-c3ccccc3)c2)CCNCC1. The predicted octanol–water partition coefficient (Wildman–Crippen LogP) is 2.93. The monoisotopic (exact) mass is 266 g/mol. The molecule has 0 amide bonds. The number of benzene rings is 2. The molecule has 0 atom stereocenters. The quantitative estimate of drug-likeness (QED) is 0.896. The molecule has 1 fully saturated rings. The van der Waals surface area contributed by atoms with Gasteiger partial charge in [0.25, 0.3) is 0 Å². The summed E-state index contributed by atoms with van der Waals surface area (Å²) >= 11 is 0. The summed E-state index contributed by atoms with van der Waals surface area (Å²) in [6.07, 6.45) is 2.25. The summed E-state index contributed by atoms with van der Waals surface area (Å²) in [7, 11) is 0. The van der Waals surface area contributed by atoms with Crippen molar-refractivity contribution in [2.24, 2.45) is 5.73 Å². The Bertz CT molecular complexity index is 557. The fraction of sp³-hybridized carbons (Fsp3) is 0.333. The van der Waals surface area contributed by atoms with Crippen molar-refractivity contribution in [3.63, 3.8) is 0 Å². The van der Waals surface area contributed by atoms with Gasteiger partial charge in [-0.15, -0.1) is 0 Å². The molecule has 20 heavy (non-hydrogen) atoms. The minimum Gasteiger partial charge on any atom is -0.330 e. The fourth-order valence-corrected chi connectivity index (χ4v) is 3.18. The molecule has 0 aromatic heterocycles. The van der Waals surface area contributed by atoms with Gasteiger partial charge in [-0.05, 0) is 42.6 Å². The first-order chi connectivity index (χ1) is 9.84. The molecule has 0 spiro atoms. The van der Waals surface area contributed by atoms with Crippen molar-refractivity contribution in [1.29, 1.82) is 0 Å². The largest absolute Gasteiger partial charge is 0.330 e. The lowest BCUT2D eigenvalue weighted by Gasteiger charge is -2.37. The van der Waals surface area contributed by atoms with E-state index >= 15 is 0 Å². The zero-order valence-electron chi connectivity index (χ0n) is 11.8. The average molecular weight is 266 g/mol. The molecular formula is C18H22N2. The van der Waals surface area contributed by atoms with Gasteiger partial charge >= 0.3 is 0 Å². The summed E-state index contributed by atoms with van der Waals surface area (Å²) < 4.78 is 0. The molecule has 0 saturated carbocycles. The fourth-order valence-electron chi connectivity index (χ4n) is 3.18. The maximum Gasteiger partial charge on any atom is 0.00998 e. The van der Waals surface area contributed by atoms with Crippen LogP contribution in [0.5, 0.6) is 0 Å². The van der Waals surface area contributed by atoms with Gasteiger partial charge < -0.3 is 11.1 Å².